The molecule has 1 aliphatic carbocycles. The predicted octanol–water partition coefficient (Wildman–Crippen LogP) is 1.88. The smallest absolute Gasteiger partial charge is 0.231 e. The van der Waals surface area contributed by atoms with Crippen LogP contribution in [0.3, 0.4) is 0 Å². The molecule has 0 spiro atoms. The van der Waals surface area contributed by atoms with Gasteiger partial charge in [0.25, 0.3) is 0 Å². The van der Waals surface area contributed by atoms with Crippen molar-refractivity contribution in [2.24, 2.45) is 17.3 Å². The van der Waals surface area contributed by atoms with Crippen molar-refractivity contribution in [2.45, 2.75) is 34.2 Å². The zero-order valence-electron chi connectivity index (χ0n) is 16.9. The molecule has 1 aromatic carbocycles. The largest absolute Gasteiger partial charge is 0.454 e. The van der Waals surface area contributed by atoms with Crippen LogP contribution in [0.4, 0.5) is 0 Å². The van der Waals surface area contributed by atoms with Gasteiger partial charge in [0.2, 0.25) is 12.7 Å². The first-order chi connectivity index (χ1) is 12.9. The molecule has 146 valence electrons. The summed E-state index contributed by atoms with van der Waals surface area (Å²) in [5.41, 5.74) is 2.67. The van der Waals surface area contributed by atoms with Gasteiger partial charge in [0.15, 0.2) is 11.5 Å². The Balaban J connectivity index is 1.31. The number of quaternary nitrogens is 1. The number of allylic oxidation sites excluding steroid dienone is 2. The zero-order valence-corrected chi connectivity index (χ0v) is 16.9. The fourth-order valence-corrected chi connectivity index (χ4v) is 4.58. The maximum atomic E-state index is 13.0. The number of ether oxygens (including phenoxy) is 2. The second kappa shape index (κ2) is 6.86. The van der Waals surface area contributed by atoms with E-state index in [1.165, 1.54) is 16.0 Å². The van der Waals surface area contributed by atoms with Crippen LogP contribution in [0.1, 0.15) is 33.3 Å². The van der Waals surface area contributed by atoms with Gasteiger partial charge in [-0.2, -0.15) is 0 Å². The molecule has 2 atom stereocenters. The molecule has 1 amide bonds. The van der Waals surface area contributed by atoms with E-state index in [0.717, 1.165) is 44.2 Å². The number of carbonyl (C=O) groups is 1. The molecule has 3 aliphatic rings. The van der Waals surface area contributed by atoms with Gasteiger partial charge >= 0.3 is 0 Å². The van der Waals surface area contributed by atoms with E-state index >= 15 is 0 Å². The van der Waals surface area contributed by atoms with Gasteiger partial charge in [-0.1, -0.05) is 25.5 Å². The molecule has 0 radical (unpaired) electrons. The van der Waals surface area contributed by atoms with Crippen LogP contribution in [0, 0.1) is 17.3 Å². The fourth-order valence-electron chi connectivity index (χ4n) is 4.58. The molecular formula is C22H31N2O3+. The summed E-state index contributed by atoms with van der Waals surface area (Å²) in [5.74, 6) is 2.59. The average molecular weight is 372 g/mol. The van der Waals surface area contributed by atoms with Crippen molar-refractivity contribution in [3.63, 3.8) is 0 Å². The predicted molar refractivity (Wildman–Crippen MR) is 104 cm³/mol. The van der Waals surface area contributed by atoms with Gasteiger partial charge in [0, 0.05) is 5.56 Å². The summed E-state index contributed by atoms with van der Waals surface area (Å²) in [7, 11) is 0. The molecule has 5 nitrogen and oxygen atoms in total. The van der Waals surface area contributed by atoms with Crippen molar-refractivity contribution in [2.75, 3.05) is 33.0 Å². The van der Waals surface area contributed by atoms with Crippen molar-refractivity contribution in [1.82, 2.24) is 4.90 Å². The van der Waals surface area contributed by atoms with Crippen molar-refractivity contribution >= 4 is 5.91 Å². The molecule has 0 unspecified atom stereocenters. The molecule has 1 saturated heterocycles. The van der Waals surface area contributed by atoms with E-state index in [4.69, 9.17) is 9.47 Å². The normalized spacial score (nSPS) is 26.0. The number of hydrogen-bond acceptors (Lipinski definition) is 3. The summed E-state index contributed by atoms with van der Waals surface area (Å²) in [6.07, 6.45) is 2.28. The van der Waals surface area contributed by atoms with Crippen LogP contribution in [-0.2, 0) is 11.3 Å². The Labute approximate surface area is 161 Å². The van der Waals surface area contributed by atoms with Gasteiger partial charge in [0.05, 0.1) is 32.1 Å². The lowest BCUT2D eigenvalue weighted by atomic mass is 10.1. The third kappa shape index (κ3) is 3.57. The first kappa shape index (κ1) is 18.4. The minimum atomic E-state index is 0.102. The van der Waals surface area contributed by atoms with Crippen molar-refractivity contribution in [3.05, 3.63) is 35.4 Å². The van der Waals surface area contributed by atoms with Crippen LogP contribution < -0.4 is 14.4 Å². The number of piperazine rings is 1. The van der Waals surface area contributed by atoms with E-state index in [0.29, 0.717) is 18.6 Å². The summed E-state index contributed by atoms with van der Waals surface area (Å²) >= 11 is 0. The van der Waals surface area contributed by atoms with Crippen LogP contribution >= 0.6 is 0 Å². The van der Waals surface area contributed by atoms with Gasteiger partial charge in [-0.3, -0.25) is 4.79 Å². The standard InChI is InChI=1S/C22H30N2O3/c1-15(2)11-17-20(22(17,3)4)21(25)24-9-7-23(8-10-24)13-16-5-6-18-19(12-16)27-14-26-18/h5-6,11-12,17,20H,7-10,13-14H2,1-4H3/p+1/t17-,20-/m1/s1. The first-order valence-corrected chi connectivity index (χ1v) is 10.0. The Morgan fingerprint density at radius 1 is 1.22 bits per heavy atom. The van der Waals surface area contributed by atoms with E-state index < -0.39 is 0 Å². The molecule has 4 rings (SSSR count). The zero-order chi connectivity index (χ0) is 19.2. The minimum Gasteiger partial charge on any atom is -0.454 e. The van der Waals surface area contributed by atoms with Crippen LogP contribution in [0.25, 0.3) is 0 Å². The van der Waals surface area contributed by atoms with Crippen molar-refractivity contribution in [3.8, 4) is 11.5 Å². The number of nitrogens with one attached hydrogen (secondary N) is 1. The third-order valence-corrected chi connectivity index (χ3v) is 6.36. The van der Waals surface area contributed by atoms with Crippen LogP contribution in [-0.4, -0.2) is 43.8 Å². The number of benzene rings is 1. The Morgan fingerprint density at radius 2 is 1.93 bits per heavy atom. The summed E-state index contributed by atoms with van der Waals surface area (Å²) in [6.45, 7) is 13.7. The molecule has 2 aliphatic heterocycles. The molecule has 0 aromatic heterocycles. The molecular weight excluding hydrogens is 340 g/mol. The number of rotatable bonds is 4. The maximum absolute atomic E-state index is 13.0. The molecule has 1 aromatic rings. The summed E-state index contributed by atoms with van der Waals surface area (Å²) < 4.78 is 10.9. The quantitative estimate of drug-likeness (QED) is 0.822. The highest BCUT2D eigenvalue weighted by atomic mass is 16.7. The number of fused-ring (bicyclic) bond motifs is 1. The monoisotopic (exact) mass is 371 g/mol. The van der Waals surface area contributed by atoms with Gasteiger partial charge in [-0.15, -0.1) is 0 Å². The van der Waals surface area contributed by atoms with E-state index in [2.05, 4.69) is 50.8 Å². The Hall–Kier alpha value is -2.01. The molecule has 5 heteroatoms. The third-order valence-electron chi connectivity index (χ3n) is 6.36. The second-order valence-electron chi connectivity index (χ2n) is 9.01. The topological polar surface area (TPSA) is 43.2 Å². The minimum absolute atomic E-state index is 0.102. The lowest BCUT2D eigenvalue weighted by Crippen LogP contribution is -3.13. The highest BCUT2D eigenvalue weighted by Gasteiger charge is 2.61. The van der Waals surface area contributed by atoms with Crippen molar-refractivity contribution in [1.29, 1.82) is 0 Å². The van der Waals surface area contributed by atoms with E-state index in [1.54, 1.807) is 0 Å². The summed E-state index contributed by atoms with van der Waals surface area (Å²) in [4.78, 5) is 16.6. The van der Waals surface area contributed by atoms with Crippen molar-refractivity contribution < 1.29 is 19.2 Å². The summed E-state index contributed by atoms with van der Waals surface area (Å²) in [6, 6.07) is 6.20. The van der Waals surface area contributed by atoms with Gasteiger partial charge < -0.3 is 19.3 Å². The van der Waals surface area contributed by atoms with Crippen LogP contribution in [0.2, 0.25) is 0 Å². The molecule has 2 fully saturated rings. The van der Waals surface area contributed by atoms with Gasteiger partial charge in [-0.05, 0) is 43.4 Å². The summed E-state index contributed by atoms with van der Waals surface area (Å²) in [5, 5.41) is 0. The van der Waals surface area contributed by atoms with E-state index in [9.17, 15) is 4.79 Å². The van der Waals surface area contributed by atoms with Gasteiger partial charge in [-0.25, -0.2) is 0 Å². The number of amides is 1. The molecule has 0 bridgehead atoms. The molecule has 27 heavy (non-hydrogen) atoms. The molecule has 1 N–H and O–H groups in total. The number of nitrogens with zero attached hydrogens (tertiary/aromatic N) is 1. The van der Waals surface area contributed by atoms with E-state index in [1.807, 2.05) is 6.07 Å². The second-order valence-corrected chi connectivity index (χ2v) is 9.01. The van der Waals surface area contributed by atoms with Crippen LogP contribution in [0.5, 0.6) is 11.5 Å². The molecule has 2 heterocycles. The first-order valence-electron chi connectivity index (χ1n) is 10.0. The fraction of sp³-hybridized carbons (Fsp3) is 0.591. The Morgan fingerprint density at radius 3 is 2.63 bits per heavy atom. The lowest BCUT2D eigenvalue weighted by Gasteiger charge is -2.32. The van der Waals surface area contributed by atoms with Gasteiger partial charge in [0.1, 0.15) is 6.54 Å². The Kier molecular flexibility index (Phi) is 4.66. The average Bonchev–Trinajstić information content (AvgIpc) is 2.96. The SMILES string of the molecule is CC(C)=C[C@@H]1[C@H](C(=O)N2CC[NH+](Cc3ccc4c(c3)OCO4)CC2)C1(C)C. The number of carbonyl (C=O) groups excluding carboxylic acids is 1. The molecule has 1 saturated carbocycles. The highest BCUT2D eigenvalue weighted by Crippen LogP contribution is 2.60. The maximum Gasteiger partial charge on any atom is 0.231 e. The van der Waals surface area contributed by atoms with E-state index in [-0.39, 0.29) is 11.3 Å². The highest BCUT2D eigenvalue weighted by molar-refractivity contribution is 5.84. The lowest BCUT2D eigenvalue weighted by molar-refractivity contribution is -0.917. The number of hydrogen-bond donors (Lipinski definition) is 1. The Bertz CT molecular complexity index is 759. The van der Waals surface area contributed by atoms with Crippen LogP contribution in [0.15, 0.2) is 29.8 Å².